The van der Waals surface area contributed by atoms with Gasteiger partial charge in [-0.05, 0) is 42.8 Å². The molecular weight excluding hydrogens is 505 g/mol. The first-order chi connectivity index (χ1) is 18.1. The highest BCUT2D eigenvalue weighted by Gasteiger charge is 2.33. The number of esters is 1. The van der Waals surface area contributed by atoms with Crippen LogP contribution in [0, 0.1) is 0 Å². The van der Waals surface area contributed by atoms with E-state index < -0.39 is 35.6 Å². The van der Waals surface area contributed by atoms with Crippen LogP contribution >= 0.6 is 0 Å². The van der Waals surface area contributed by atoms with Crippen molar-refractivity contribution in [3.63, 3.8) is 0 Å². The van der Waals surface area contributed by atoms with Gasteiger partial charge in [-0.3, -0.25) is 24.1 Å². The van der Waals surface area contributed by atoms with Crippen molar-refractivity contribution in [1.82, 2.24) is 10.2 Å². The number of rotatable bonds is 10. The van der Waals surface area contributed by atoms with Crippen molar-refractivity contribution in [3.8, 4) is 0 Å². The Morgan fingerprint density at radius 2 is 1.79 bits per heavy atom. The molecule has 1 atom stereocenters. The minimum atomic E-state index is -4.55. The number of nitrogens with zero attached hydrogens (tertiary/aromatic N) is 1. The second-order valence-corrected chi connectivity index (χ2v) is 8.72. The summed E-state index contributed by atoms with van der Waals surface area (Å²) >= 11 is 0. The number of unbranched alkanes of at least 4 members (excludes halogenated alkanes) is 1. The van der Waals surface area contributed by atoms with Crippen LogP contribution in [0.2, 0.25) is 0 Å². The van der Waals surface area contributed by atoms with Crippen LogP contribution in [0.15, 0.2) is 48.5 Å². The van der Waals surface area contributed by atoms with Crippen LogP contribution in [0.5, 0.6) is 0 Å². The average molecular weight is 535 g/mol. The summed E-state index contributed by atoms with van der Waals surface area (Å²) in [6.45, 7) is 2.72. The van der Waals surface area contributed by atoms with Crippen molar-refractivity contribution in [3.05, 3.63) is 59.7 Å². The number of anilines is 2. The maximum Gasteiger partial charge on any atom is 0.416 e. The third kappa shape index (κ3) is 8.30. The smallest absolute Gasteiger partial charge is 0.416 e. The number of ether oxygens (including phenoxy) is 1. The lowest BCUT2D eigenvalue weighted by atomic mass is 10.1. The molecule has 3 N–H and O–H groups in total. The molecule has 0 aliphatic carbocycles. The number of hydrogen-bond donors (Lipinski definition) is 3. The molecule has 9 nitrogen and oxygen atoms in total. The van der Waals surface area contributed by atoms with Gasteiger partial charge in [-0.2, -0.15) is 13.2 Å². The van der Waals surface area contributed by atoms with Gasteiger partial charge in [0.1, 0.15) is 6.04 Å². The van der Waals surface area contributed by atoms with Crippen LogP contribution in [0.25, 0.3) is 0 Å². The van der Waals surface area contributed by atoms with Gasteiger partial charge in [0.05, 0.1) is 25.1 Å². The predicted molar refractivity (Wildman–Crippen MR) is 133 cm³/mol. The van der Waals surface area contributed by atoms with Crippen LogP contribution in [0.1, 0.15) is 42.1 Å². The van der Waals surface area contributed by atoms with Gasteiger partial charge in [0.2, 0.25) is 11.8 Å². The molecule has 0 spiro atoms. The lowest BCUT2D eigenvalue weighted by Gasteiger charge is -2.33. The molecule has 2 aromatic rings. The molecule has 38 heavy (non-hydrogen) atoms. The molecule has 1 unspecified atom stereocenters. The molecule has 12 heteroatoms. The van der Waals surface area contributed by atoms with E-state index in [1.165, 1.54) is 30.3 Å². The molecule has 3 amide bonds. The third-order valence-electron chi connectivity index (χ3n) is 5.77. The van der Waals surface area contributed by atoms with Crippen LogP contribution in [-0.2, 0) is 25.3 Å². The first-order valence-electron chi connectivity index (χ1n) is 12.1. The SMILES string of the molecule is CCCCOC(=O)CC1C(=O)NCCN1CC(=O)Nc1cccc(C(=O)Nc2cccc(C(F)(F)F)c2)c1. The summed E-state index contributed by atoms with van der Waals surface area (Å²) in [5.41, 5.74) is -0.522. The number of piperazine rings is 1. The lowest BCUT2D eigenvalue weighted by molar-refractivity contribution is -0.149. The van der Waals surface area contributed by atoms with Crippen LogP contribution in [0.4, 0.5) is 24.5 Å². The molecule has 2 aromatic carbocycles. The van der Waals surface area contributed by atoms with Gasteiger partial charge in [0.15, 0.2) is 0 Å². The fraction of sp³-hybridized carbons (Fsp3) is 0.385. The Morgan fingerprint density at radius 3 is 2.50 bits per heavy atom. The maximum absolute atomic E-state index is 12.9. The predicted octanol–water partition coefficient (Wildman–Crippen LogP) is 3.43. The zero-order valence-corrected chi connectivity index (χ0v) is 20.8. The second kappa shape index (κ2) is 13.0. The van der Waals surface area contributed by atoms with Crippen LogP contribution in [-0.4, -0.2) is 60.9 Å². The molecule has 1 heterocycles. The summed E-state index contributed by atoms with van der Waals surface area (Å²) in [6.07, 6.45) is -3.16. The van der Waals surface area contributed by atoms with Crippen molar-refractivity contribution < 1.29 is 37.1 Å². The van der Waals surface area contributed by atoms with Crippen molar-refractivity contribution in [2.24, 2.45) is 0 Å². The number of benzene rings is 2. The number of halogens is 3. The van der Waals surface area contributed by atoms with E-state index in [0.29, 0.717) is 19.5 Å². The van der Waals surface area contributed by atoms with Gasteiger partial charge in [-0.25, -0.2) is 0 Å². The van der Waals surface area contributed by atoms with Gasteiger partial charge >= 0.3 is 12.1 Å². The normalized spacial score (nSPS) is 15.9. The Kier molecular flexibility index (Phi) is 9.83. The molecule has 0 aromatic heterocycles. The first-order valence-corrected chi connectivity index (χ1v) is 12.1. The van der Waals surface area contributed by atoms with Crippen molar-refractivity contribution >= 4 is 35.1 Å². The number of carbonyl (C=O) groups is 4. The zero-order valence-electron chi connectivity index (χ0n) is 20.8. The highest BCUT2D eigenvalue weighted by Crippen LogP contribution is 2.30. The molecule has 0 saturated carbocycles. The highest BCUT2D eigenvalue weighted by atomic mass is 19.4. The van der Waals surface area contributed by atoms with Crippen LogP contribution in [0.3, 0.4) is 0 Å². The Morgan fingerprint density at radius 1 is 1.08 bits per heavy atom. The molecule has 1 aliphatic heterocycles. The fourth-order valence-electron chi connectivity index (χ4n) is 3.82. The summed E-state index contributed by atoms with van der Waals surface area (Å²) in [5, 5.41) is 7.75. The van der Waals surface area contributed by atoms with Crippen LogP contribution < -0.4 is 16.0 Å². The Labute approximate surface area is 217 Å². The van der Waals surface area contributed by atoms with E-state index in [4.69, 9.17) is 4.74 Å². The highest BCUT2D eigenvalue weighted by molar-refractivity contribution is 6.05. The Balaban J connectivity index is 1.61. The van der Waals surface area contributed by atoms with Crippen molar-refractivity contribution in [2.45, 2.75) is 38.4 Å². The third-order valence-corrected chi connectivity index (χ3v) is 5.77. The Hall–Kier alpha value is -3.93. The number of hydrogen-bond acceptors (Lipinski definition) is 6. The molecule has 0 radical (unpaired) electrons. The van der Waals surface area contributed by atoms with Gasteiger partial charge in [0, 0.05) is 30.0 Å². The Bertz CT molecular complexity index is 1170. The van der Waals surface area contributed by atoms with Crippen molar-refractivity contribution in [1.29, 1.82) is 0 Å². The molecule has 3 rings (SSSR count). The minimum absolute atomic E-state index is 0.0260. The molecule has 1 aliphatic rings. The second-order valence-electron chi connectivity index (χ2n) is 8.72. The van der Waals surface area contributed by atoms with E-state index in [2.05, 4.69) is 16.0 Å². The van der Waals surface area contributed by atoms with E-state index in [0.717, 1.165) is 18.6 Å². The minimum Gasteiger partial charge on any atom is -0.466 e. The van der Waals surface area contributed by atoms with Gasteiger partial charge in [-0.15, -0.1) is 0 Å². The van der Waals surface area contributed by atoms with E-state index in [9.17, 15) is 32.3 Å². The number of nitrogens with one attached hydrogen (secondary N) is 3. The van der Waals surface area contributed by atoms with E-state index in [-0.39, 0.29) is 42.4 Å². The lowest BCUT2D eigenvalue weighted by Crippen LogP contribution is -2.57. The summed E-state index contributed by atoms with van der Waals surface area (Å²) in [6, 6.07) is 9.29. The molecule has 1 fully saturated rings. The maximum atomic E-state index is 12.9. The molecule has 1 saturated heterocycles. The summed E-state index contributed by atoms with van der Waals surface area (Å²) in [4.78, 5) is 51.4. The summed E-state index contributed by atoms with van der Waals surface area (Å²) in [5.74, 6) is -2.02. The molecule has 204 valence electrons. The van der Waals surface area contributed by atoms with E-state index in [1.807, 2.05) is 6.92 Å². The summed E-state index contributed by atoms with van der Waals surface area (Å²) in [7, 11) is 0. The number of amides is 3. The quantitative estimate of drug-likeness (QED) is 0.318. The number of carbonyl (C=O) groups excluding carboxylic acids is 4. The largest absolute Gasteiger partial charge is 0.466 e. The van der Waals surface area contributed by atoms with E-state index in [1.54, 1.807) is 11.0 Å². The molecule has 0 bridgehead atoms. The number of alkyl halides is 3. The zero-order chi connectivity index (χ0) is 27.7. The summed E-state index contributed by atoms with van der Waals surface area (Å²) < 4.78 is 44.0. The van der Waals surface area contributed by atoms with Gasteiger partial charge in [0.25, 0.3) is 5.91 Å². The first kappa shape index (κ1) is 28.6. The standard InChI is InChI=1S/C26H29F3N4O5/c1-2-3-12-38-23(35)15-21-25(37)30-10-11-33(21)16-22(34)31-19-8-4-6-17(13-19)24(36)32-20-9-5-7-18(14-20)26(27,28)29/h4-9,13-14,21H,2-3,10-12,15-16H2,1H3,(H,30,37)(H,31,34)(H,32,36). The van der Waals surface area contributed by atoms with E-state index >= 15 is 0 Å². The van der Waals surface area contributed by atoms with Gasteiger partial charge in [-0.1, -0.05) is 25.5 Å². The monoisotopic (exact) mass is 534 g/mol. The average Bonchev–Trinajstić information content (AvgIpc) is 2.86. The van der Waals surface area contributed by atoms with Crippen molar-refractivity contribution in [2.75, 3.05) is 36.9 Å². The molecular formula is C26H29F3N4O5. The topological polar surface area (TPSA) is 117 Å². The fourth-order valence-corrected chi connectivity index (χ4v) is 3.82. The van der Waals surface area contributed by atoms with Gasteiger partial charge < -0.3 is 20.7 Å².